The Balaban J connectivity index is 1.95. The van der Waals surface area contributed by atoms with Crippen LogP contribution in [0, 0.1) is 17.0 Å². The number of nitrogens with zero attached hydrogens (tertiary/aromatic N) is 2. The van der Waals surface area contributed by atoms with Crippen LogP contribution in [-0.2, 0) is 9.53 Å². The highest BCUT2D eigenvalue weighted by Crippen LogP contribution is 2.19. The van der Waals surface area contributed by atoms with Crippen LogP contribution < -0.4 is 5.32 Å². The largest absolute Gasteiger partial charge is 0.452 e. The molecular weight excluding hydrogens is 338 g/mol. The van der Waals surface area contributed by atoms with Crippen molar-refractivity contribution >= 4 is 34.9 Å². The molecule has 1 aromatic carbocycles. The Morgan fingerprint density at radius 2 is 2.12 bits per heavy atom. The number of carbonyl (C=O) groups is 2. The molecule has 1 heterocycles. The van der Waals surface area contributed by atoms with E-state index < -0.39 is 23.4 Å². The van der Waals surface area contributed by atoms with Crippen molar-refractivity contribution in [2.45, 2.75) is 6.92 Å². The molecule has 124 valence electrons. The number of hydrogen-bond donors (Lipinski definition) is 1. The molecule has 2 rings (SSSR count). The molecule has 0 atom stereocenters. The van der Waals surface area contributed by atoms with E-state index >= 15 is 0 Å². The van der Waals surface area contributed by atoms with Gasteiger partial charge in [0.15, 0.2) is 11.8 Å². The van der Waals surface area contributed by atoms with Gasteiger partial charge in [-0.15, -0.1) is 0 Å². The molecule has 0 saturated carbocycles. The molecular formula is C15H12ClN3O5. The van der Waals surface area contributed by atoms with Gasteiger partial charge in [0.2, 0.25) is 0 Å². The zero-order chi connectivity index (χ0) is 17.7. The number of nitrogens with one attached hydrogen (secondary N) is 1. The number of ether oxygens (including phenoxy) is 1. The number of benzene rings is 1. The van der Waals surface area contributed by atoms with Crippen LogP contribution in [0.2, 0.25) is 5.15 Å². The minimum Gasteiger partial charge on any atom is -0.452 e. The molecule has 24 heavy (non-hydrogen) atoms. The summed E-state index contributed by atoms with van der Waals surface area (Å²) in [6.07, 6.45) is 1.47. The Hall–Kier alpha value is -3.00. The number of amides is 1. The van der Waals surface area contributed by atoms with Crippen LogP contribution in [0.5, 0.6) is 0 Å². The number of halogens is 1. The van der Waals surface area contributed by atoms with Gasteiger partial charge in [-0.1, -0.05) is 11.6 Å². The third-order valence-electron chi connectivity index (χ3n) is 3.00. The zero-order valence-electron chi connectivity index (χ0n) is 12.5. The number of nitro groups is 1. The van der Waals surface area contributed by atoms with Crippen molar-refractivity contribution in [1.29, 1.82) is 0 Å². The third kappa shape index (κ3) is 4.26. The molecule has 1 aromatic heterocycles. The first kappa shape index (κ1) is 17.4. The van der Waals surface area contributed by atoms with Crippen LogP contribution in [0.15, 0.2) is 36.5 Å². The van der Waals surface area contributed by atoms with E-state index in [0.29, 0.717) is 11.3 Å². The molecule has 1 N–H and O–H groups in total. The Morgan fingerprint density at radius 3 is 2.75 bits per heavy atom. The van der Waals surface area contributed by atoms with Gasteiger partial charge in [-0.3, -0.25) is 14.9 Å². The van der Waals surface area contributed by atoms with Gasteiger partial charge in [-0.2, -0.15) is 0 Å². The van der Waals surface area contributed by atoms with Crippen molar-refractivity contribution in [2.24, 2.45) is 0 Å². The number of aromatic nitrogens is 1. The minimum atomic E-state index is -0.763. The SMILES string of the molecule is Cc1cc(C(=O)OCC(=O)Nc2cccnc2Cl)ccc1[N+](=O)[O-]. The van der Waals surface area contributed by atoms with Gasteiger partial charge < -0.3 is 10.1 Å². The summed E-state index contributed by atoms with van der Waals surface area (Å²) < 4.78 is 4.87. The van der Waals surface area contributed by atoms with E-state index in [4.69, 9.17) is 16.3 Å². The van der Waals surface area contributed by atoms with Gasteiger partial charge in [0, 0.05) is 17.8 Å². The van der Waals surface area contributed by atoms with Crippen molar-refractivity contribution in [3.8, 4) is 0 Å². The lowest BCUT2D eigenvalue weighted by Gasteiger charge is -2.07. The number of carbonyl (C=O) groups excluding carboxylic acids is 2. The van der Waals surface area contributed by atoms with Crippen molar-refractivity contribution in [3.63, 3.8) is 0 Å². The molecule has 0 radical (unpaired) electrons. The van der Waals surface area contributed by atoms with Crippen LogP contribution in [0.4, 0.5) is 11.4 Å². The lowest BCUT2D eigenvalue weighted by molar-refractivity contribution is -0.385. The van der Waals surface area contributed by atoms with Gasteiger partial charge >= 0.3 is 5.97 Å². The summed E-state index contributed by atoms with van der Waals surface area (Å²) in [6, 6.07) is 6.95. The first-order valence-corrected chi connectivity index (χ1v) is 7.09. The predicted molar refractivity (Wildman–Crippen MR) is 86.0 cm³/mol. The molecule has 0 fully saturated rings. The Morgan fingerprint density at radius 1 is 1.38 bits per heavy atom. The van der Waals surface area contributed by atoms with Crippen LogP contribution in [-0.4, -0.2) is 28.4 Å². The molecule has 2 aromatic rings. The molecule has 1 amide bonds. The topological polar surface area (TPSA) is 111 Å². The van der Waals surface area contributed by atoms with Gasteiger partial charge in [-0.05, 0) is 31.2 Å². The molecule has 0 saturated heterocycles. The van der Waals surface area contributed by atoms with E-state index in [0.717, 1.165) is 0 Å². The van der Waals surface area contributed by atoms with E-state index in [-0.39, 0.29) is 16.4 Å². The third-order valence-corrected chi connectivity index (χ3v) is 3.30. The van der Waals surface area contributed by atoms with Crippen LogP contribution in [0.3, 0.4) is 0 Å². The average molecular weight is 350 g/mol. The second kappa shape index (κ2) is 7.51. The number of nitro benzene ring substituents is 1. The second-order valence-electron chi connectivity index (χ2n) is 4.72. The van der Waals surface area contributed by atoms with Crippen LogP contribution >= 0.6 is 11.6 Å². The van der Waals surface area contributed by atoms with Gasteiger partial charge in [0.05, 0.1) is 16.2 Å². The predicted octanol–water partition coefficient (Wildman–Crippen LogP) is 2.75. The minimum absolute atomic E-state index is 0.101. The van der Waals surface area contributed by atoms with Crippen molar-refractivity contribution in [1.82, 2.24) is 4.98 Å². The molecule has 0 bridgehead atoms. The fourth-order valence-electron chi connectivity index (χ4n) is 1.87. The Kier molecular flexibility index (Phi) is 5.43. The maximum absolute atomic E-state index is 11.9. The summed E-state index contributed by atoms with van der Waals surface area (Å²) in [6.45, 7) is 0.978. The van der Waals surface area contributed by atoms with Gasteiger partial charge in [-0.25, -0.2) is 9.78 Å². The maximum atomic E-state index is 11.9. The number of anilines is 1. The summed E-state index contributed by atoms with van der Waals surface area (Å²) in [7, 11) is 0. The van der Waals surface area contributed by atoms with E-state index in [1.807, 2.05) is 0 Å². The number of rotatable bonds is 5. The van der Waals surface area contributed by atoms with E-state index in [1.54, 1.807) is 12.1 Å². The van der Waals surface area contributed by atoms with Crippen LogP contribution in [0.25, 0.3) is 0 Å². The quantitative estimate of drug-likeness (QED) is 0.384. The summed E-state index contributed by atoms with van der Waals surface area (Å²) in [5, 5.41) is 13.3. The highest BCUT2D eigenvalue weighted by atomic mass is 35.5. The average Bonchev–Trinajstić information content (AvgIpc) is 2.54. The highest BCUT2D eigenvalue weighted by molar-refractivity contribution is 6.32. The summed E-state index contributed by atoms with van der Waals surface area (Å²) in [4.78, 5) is 37.6. The van der Waals surface area contributed by atoms with Gasteiger partial charge in [0.1, 0.15) is 0 Å². The normalized spacial score (nSPS) is 10.1. The molecule has 0 unspecified atom stereocenters. The van der Waals surface area contributed by atoms with E-state index in [1.165, 1.54) is 31.3 Å². The summed E-state index contributed by atoms with van der Waals surface area (Å²) >= 11 is 5.80. The second-order valence-corrected chi connectivity index (χ2v) is 5.08. The van der Waals surface area contributed by atoms with Crippen molar-refractivity contribution < 1.29 is 19.2 Å². The zero-order valence-corrected chi connectivity index (χ0v) is 13.2. The van der Waals surface area contributed by atoms with Crippen molar-refractivity contribution in [3.05, 3.63) is 62.9 Å². The van der Waals surface area contributed by atoms with Gasteiger partial charge in [0.25, 0.3) is 11.6 Å². The number of hydrogen-bond acceptors (Lipinski definition) is 6. The summed E-state index contributed by atoms with van der Waals surface area (Å²) in [5.74, 6) is -1.35. The molecule has 9 heteroatoms. The highest BCUT2D eigenvalue weighted by Gasteiger charge is 2.16. The lowest BCUT2D eigenvalue weighted by atomic mass is 10.1. The number of pyridine rings is 1. The van der Waals surface area contributed by atoms with Crippen molar-refractivity contribution in [2.75, 3.05) is 11.9 Å². The molecule has 0 aliphatic heterocycles. The summed E-state index contributed by atoms with van der Waals surface area (Å²) in [5.41, 5.74) is 0.633. The first-order valence-electron chi connectivity index (χ1n) is 6.71. The number of aryl methyl sites for hydroxylation is 1. The first-order chi connectivity index (χ1) is 11.4. The molecule has 8 nitrogen and oxygen atoms in total. The monoisotopic (exact) mass is 349 g/mol. The maximum Gasteiger partial charge on any atom is 0.338 e. The van der Waals surface area contributed by atoms with Crippen LogP contribution in [0.1, 0.15) is 15.9 Å². The Labute approximate surface area is 141 Å². The van der Waals surface area contributed by atoms with E-state index in [9.17, 15) is 19.7 Å². The lowest BCUT2D eigenvalue weighted by Crippen LogP contribution is -2.21. The molecule has 0 aliphatic rings. The fourth-order valence-corrected chi connectivity index (χ4v) is 2.03. The molecule has 0 spiro atoms. The van der Waals surface area contributed by atoms with E-state index in [2.05, 4.69) is 10.3 Å². The smallest absolute Gasteiger partial charge is 0.338 e. The molecule has 0 aliphatic carbocycles. The standard InChI is InChI=1S/C15H12ClN3O5/c1-9-7-10(4-5-12(9)19(22)23)15(21)24-8-13(20)18-11-3-2-6-17-14(11)16/h2-7H,8H2,1H3,(H,18,20). The number of esters is 1. The Bertz CT molecular complexity index is 809. The fraction of sp³-hybridized carbons (Fsp3) is 0.133.